The van der Waals surface area contributed by atoms with E-state index in [2.05, 4.69) is 23.7 Å². The number of thioether (sulfide) groups is 1. The van der Waals surface area contributed by atoms with Crippen LogP contribution in [0.3, 0.4) is 0 Å². The summed E-state index contributed by atoms with van der Waals surface area (Å²) in [6, 6.07) is 1.89. The summed E-state index contributed by atoms with van der Waals surface area (Å²) in [6.45, 7) is 4.19. The van der Waals surface area contributed by atoms with Gasteiger partial charge in [-0.1, -0.05) is 0 Å². The number of hydrogen-bond donors (Lipinski definition) is 1. The van der Waals surface area contributed by atoms with E-state index in [1.54, 1.807) is 11.8 Å². The van der Waals surface area contributed by atoms with Crippen LogP contribution in [0.4, 0.5) is 0 Å². The number of esters is 1. The maximum atomic E-state index is 11.1. The molecule has 0 saturated carbocycles. The summed E-state index contributed by atoms with van der Waals surface area (Å²) in [5.41, 5.74) is 6.70. The summed E-state index contributed by atoms with van der Waals surface area (Å²) < 4.78 is 6.51. The third-order valence-corrected chi connectivity index (χ3v) is 3.54. The van der Waals surface area contributed by atoms with Gasteiger partial charge in [-0.2, -0.15) is 16.9 Å². The quantitative estimate of drug-likeness (QED) is 0.602. The number of rotatable bonds is 7. The third kappa shape index (κ3) is 4.70. The minimum atomic E-state index is -0.518. The van der Waals surface area contributed by atoms with E-state index in [0.29, 0.717) is 12.5 Å². The zero-order valence-corrected chi connectivity index (χ0v) is 11.9. The lowest BCUT2D eigenvalue weighted by atomic mass is 10.2. The number of hydrogen-bond acceptors (Lipinski definition) is 5. The molecule has 1 rings (SSSR count). The average Bonchev–Trinajstić information content (AvgIpc) is 2.82. The fraction of sp³-hybridized carbons (Fsp3) is 0.667. The molecule has 0 radical (unpaired) electrons. The van der Waals surface area contributed by atoms with Gasteiger partial charge in [0, 0.05) is 18.0 Å². The van der Waals surface area contributed by atoms with Gasteiger partial charge < -0.3 is 10.5 Å². The van der Waals surface area contributed by atoms with E-state index >= 15 is 0 Å². The molecule has 1 atom stereocenters. The lowest BCUT2D eigenvalue weighted by molar-refractivity contribution is -0.142. The molecule has 2 N–H and O–H groups in total. The maximum absolute atomic E-state index is 11.1. The average molecular weight is 271 g/mol. The van der Waals surface area contributed by atoms with Crippen molar-refractivity contribution in [1.29, 1.82) is 0 Å². The minimum Gasteiger partial charge on any atom is -0.468 e. The lowest BCUT2D eigenvalue weighted by Gasteiger charge is -2.08. The Morgan fingerprint density at radius 2 is 2.33 bits per heavy atom. The van der Waals surface area contributed by atoms with Crippen LogP contribution in [-0.4, -0.2) is 34.7 Å². The van der Waals surface area contributed by atoms with Crippen molar-refractivity contribution in [3.05, 3.63) is 18.0 Å². The molecule has 0 aliphatic heterocycles. The third-order valence-electron chi connectivity index (χ3n) is 2.52. The Morgan fingerprint density at radius 1 is 1.61 bits per heavy atom. The van der Waals surface area contributed by atoms with Crippen LogP contribution in [0, 0.1) is 0 Å². The first-order valence-electron chi connectivity index (χ1n) is 5.99. The van der Waals surface area contributed by atoms with Crippen LogP contribution < -0.4 is 5.73 Å². The van der Waals surface area contributed by atoms with E-state index in [-0.39, 0.29) is 5.97 Å². The van der Waals surface area contributed by atoms with Crippen molar-refractivity contribution in [3.8, 4) is 0 Å². The minimum absolute atomic E-state index is 0.348. The van der Waals surface area contributed by atoms with Crippen LogP contribution in [-0.2, 0) is 15.3 Å². The second-order valence-electron chi connectivity index (χ2n) is 4.35. The van der Waals surface area contributed by atoms with Gasteiger partial charge in [0.25, 0.3) is 0 Å². The number of aromatic nitrogens is 2. The van der Waals surface area contributed by atoms with Gasteiger partial charge >= 0.3 is 5.97 Å². The predicted octanol–water partition coefficient (Wildman–Crippen LogP) is 1.59. The van der Waals surface area contributed by atoms with Gasteiger partial charge in [0.1, 0.15) is 6.04 Å². The summed E-state index contributed by atoms with van der Waals surface area (Å²) in [5.74, 6) is 1.32. The monoisotopic (exact) mass is 271 g/mol. The lowest BCUT2D eigenvalue weighted by Crippen LogP contribution is -2.31. The number of methoxy groups -OCH3 is 1. The van der Waals surface area contributed by atoms with Gasteiger partial charge in [0.15, 0.2) is 0 Å². The summed E-state index contributed by atoms with van der Waals surface area (Å²) >= 11 is 1.72. The van der Waals surface area contributed by atoms with Crippen LogP contribution >= 0.6 is 11.8 Å². The standard InChI is InChI=1S/C12H21N3O2S/c1-9(2)15-6-4-10(14-15)8-18-7-5-11(13)12(16)17-3/h4,6,9,11H,5,7-8,13H2,1-3H3. The highest BCUT2D eigenvalue weighted by atomic mass is 32.2. The van der Waals surface area contributed by atoms with Crippen molar-refractivity contribution >= 4 is 17.7 Å². The zero-order valence-electron chi connectivity index (χ0n) is 11.1. The van der Waals surface area contributed by atoms with Crippen LogP contribution in [0.1, 0.15) is 32.0 Å². The highest BCUT2D eigenvalue weighted by Gasteiger charge is 2.12. The molecule has 0 fully saturated rings. The van der Waals surface area contributed by atoms with Crippen LogP contribution in [0.5, 0.6) is 0 Å². The van der Waals surface area contributed by atoms with Gasteiger partial charge in [-0.15, -0.1) is 0 Å². The molecule has 0 bridgehead atoms. The normalized spacial score (nSPS) is 12.7. The molecule has 1 aromatic rings. The highest BCUT2D eigenvalue weighted by molar-refractivity contribution is 7.98. The second kappa shape index (κ2) is 7.43. The van der Waals surface area contributed by atoms with E-state index in [0.717, 1.165) is 17.2 Å². The van der Waals surface area contributed by atoms with Gasteiger partial charge in [-0.25, -0.2) is 0 Å². The number of nitrogens with zero attached hydrogens (tertiary/aromatic N) is 2. The number of carbonyl (C=O) groups excluding carboxylic acids is 1. The summed E-state index contributed by atoms with van der Waals surface area (Å²) in [5, 5.41) is 4.45. The van der Waals surface area contributed by atoms with Gasteiger partial charge in [0.2, 0.25) is 0 Å². The van der Waals surface area contributed by atoms with E-state index < -0.39 is 6.04 Å². The Bertz CT molecular complexity index is 379. The Balaban J connectivity index is 2.23. The number of nitrogens with two attached hydrogens (primary N) is 1. The van der Waals surface area contributed by atoms with Crippen molar-refractivity contribution in [2.45, 2.75) is 38.1 Å². The highest BCUT2D eigenvalue weighted by Crippen LogP contribution is 2.13. The largest absolute Gasteiger partial charge is 0.468 e. The van der Waals surface area contributed by atoms with Gasteiger partial charge in [-0.05, 0) is 32.1 Å². The summed E-state index contributed by atoms with van der Waals surface area (Å²) in [6.07, 6.45) is 2.61. The molecule has 0 saturated heterocycles. The fourth-order valence-electron chi connectivity index (χ4n) is 1.40. The van der Waals surface area contributed by atoms with Crippen LogP contribution in [0.25, 0.3) is 0 Å². The van der Waals surface area contributed by atoms with E-state index in [4.69, 9.17) is 5.73 Å². The first kappa shape index (κ1) is 15.0. The molecular formula is C12H21N3O2S. The molecule has 6 heteroatoms. The molecule has 0 aliphatic carbocycles. The van der Waals surface area contributed by atoms with E-state index in [1.165, 1.54) is 7.11 Å². The summed E-state index contributed by atoms with van der Waals surface area (Å²) in [4.78, 5) is 11.1. The Hall–Kier alpha value is -1.01. The van der Waals surface area contributed by atoms with Crippen molar-refractivity contribution in [2.24, 2.45) is 5.73 Å². The van der Waals surface area contributed by atoms with Crippen molar-refractivity contribution in [1.82, 2.24) is 9.78 Å². The Labute approximate surface area is 112 Å². The molecular weight excluding hydrogens is 250 g/mol. The number of ether oxygens (including phenoxy) is 1. The molecule has 102 valence electrons. The number of carbonyl (C=O) groups is 1. The van der Waals surface area contributed by atoms with Crippen LogP contribution in [0.2, 0.25) is 0 Å². The Kier molecular flexibility index (Phi) is 6.21. The second-order valence-corrected chi connectivity index (χ2v) is 5.46. The Morgan fingerprint density at radius 3 is 2.89 bits per heavy atom. The molecule has 5 nitrogen and oxygen atoms in total. The van der Waals surface area contributed by atoms with Gasteiger partial charge in [-0.3, -0.25) is 9.48 Å². The van der Waals surface area contributed by atoms with Crippen molar-refractivity contribution in [3.63, 3.8) is 0 Å². The first-order valence-corrected chi connectivity index (χ1v) is 7.15. The molecule has 0 amide bonds. The smallest absolute Gasteiger partial charge is 0.322 e. The summed E-state index contributed by atoms with van der Waals surface area (Å²) in [7, 11) is 1.36. The van der Waals surface area contributed by atoms with E-state index in [9.17, 15) is 4.79 Å². The molecule has 1 heterocycles. The molecule has 1 aromatic heterocycles. The molecule has 0 aliphatic rings. The molecule has 0 spiro atoms. The first-order chi connectivity index (χ1) is 8.54. The SMILES string of the molecule is COC(=O)C(N)CCSCc1ccn(C(C)C)n1. The zero-order chi connectivity index (χ0) is 13.5. The maximum Gasteiger partial charge on any atom is 0.322 e. The molecule has 18 heavy (non-hydrogen) atoms. The predicted molar refractivity (Wildman–Crippen MR) is 73.4 cm³/mol. The fourth-order valence-corrected chi connectivity index (χ4v) is 2.33. The molecule has 1 unspecified atom stereocenters. The van der Waals surface area contributed by atoms with Gasteiger partial charge in [0.05, 0.1) is 12.8 Å². The topological polar surface area (TPSA) is 70.1 Å². The van der Waals surface area contributed by atoms with Crippen molar-refractivity contribution < 1.29 is 9.53 Å². The molecule has 0 aromatic carbocycles. The van der Waals surface area contributed by atoms with Crippen LogP contribution in [0.15, 0.2) is 12.3 Å². The van der Waals surface area contributed by atoms with E-state index in [1.807, 2.05) is 16.9 Å². The van der Waals surface area contributed by atoms with Crippen molar-refractivity contribution in [2.75, 3.05) is 12.9 Å².